The maximum absolute atomic E-state index is 6.36. The van der Waals surface area contributed by atoms with Gasteiger partial charge in [0.1, 0.15) is 0 Å². The molecule has 0 radical (unpaired) electrons. The molecule has 2 unspecified atom stereocenters. The molecule has 1 heterocycles. The van der Waals surface area contributed by atoms with E-state index in [9.17, 15) is 0 Å². The third-order valence-electron chi connectivity index (χ3n) is 3.51. The number of rotatable bonds is 4. The van der Waals surface area contributed by atoms with Crippen molar-refractivity contribution in [1.29, 1.82) is 0 Å². The van der Waals surface area contributed by atoms with Gasteiger partial charge in [-0.25, -0.2) is 0 Å². The van der Waals surface area contributed by atoms with E-state index in [-0.39, 0.29) is 0 Å². The number of hydrogen-bond acceptors (Lipinski definition) is 2. The van der Waals surface area contributed by atoms with Crippen LogP contribution in [0.4, 0.5) is 0 Å². The SMILES string of the molecule is CCC(CC)C(N)C1(C)CCCS1. The molecule has 13 heavy (non-hydrogen) atoms. The van der Waals surface area contributed by atoms with E-state index in [1.165, 1.54) is 31.4 Å². The molecule has 0 aromatic carbocycles. The maximum Gasteiger partial charge on any atom is 0.0285 e. The summed E-state index contributed by atoms with van der Waals surface area (Å²) in [5.41, 5.74) is 6.36. The molecular formula is C11H23NS. The number of nitrogens with two attached hydrogens (primary N) is 1. The summed E-state index contributed by atoms with van der Waals surface area (Å²) in [4.78, 5) is 0. The maximum atomic E-state index is 6.36. The Balaban J connectivity index is 2.58. The number of hydrogen-bond donors (Lipinski definition) is 1. The monoisotopic (exact) mass is 201 g/mol. The van der Waals surface area contributed by atoms with Crippen LogP contribution in [-0.2, 0) is 0 Å². The molecule has 1 nitrogen and oxygen atoms in total. The third-order valence-corrected chi connectivity index (χ3v) is 5.14. The molecule has 2 N–H and O–H groups in total. The molecule has 1 aliphatic heterocycles. The summed E-state index contributed by atoms with van der Waals surface area (Å²) < 4.78 is 0.372. The van der Waals surface area contributed by atoms with E-state index in [1.54, 1.807) is 0 Å². The van der Waals surface area contributed by atoms with Gasteiger partial charge in [-0.3, -0.25) is 0 Å². The van der Waals surface area contributed by atoms with Gasteiger partial charge in [0, 0.05) is 10.8 Å². The highest BCUT2D eigenvalue weighted by atomic mass is 32.2. The van der Waals surface area contributed by atoms with Gasteiger partial charge in [0.05, 0.1) is 0 Å². The molecule has 0 aromatic heterocycles. The van der Waals surface area contributed by atoms with Gasteiger partial charge in [-0.15, -0.1) is 0 Å². The van der Waals surface area contributed by atoms with Gasteiger partial charge in [0.2, 0.25) is 0 Å². The van der Waals surface area contributed by atoms with Gasteiger partial charge >= 0.3 is 0 Å². The van der Waals surface area contributed by atoms with Crippen LogP contribution in [0.1, 0.15) is 46.5 Å². The zero-order valence-corrected chi connectivity index (χ0v) is 9.99. The Labute approximate surface area is 86.8 Å². The van der Waals surface area contributed by atoms with Crippen molar-refractivity contribution in [3.05, 3.63) is 0 Å². The van der Waals surface area contributed by atoms with Crippen molar-refractivity contribution in [1.82, 2.24) is 0 Å². The zero-order chi connectivity index (χ0) is 9.90. The van der Waals surface area contributed by atoms with Crippen molar-refractivity contribution in [2.24, 2.45) is 11.7 Å². The number of thioether (sulfide) groups is 1. The summed E-state index contributed by atoms with van der Waals surface area (Å²) >= 11 is 2.09. The van der Waals surface area contributed by atoms with Gasteiger partial charge in [-0.1, -0.05) is 26.7 Å². The minimum absolute atomic E-state index is 0.372. The molecule has 0 aromatic rings. The lowest BCUT2D eigenvalue weighted by atomic mass is 9.84. The fourth-order valence-electron chi connectivity index (χ4n) is 2.36. The minimum atomic E-state index is 0.372. The quantitative estimate of drug-likeness (QED) is 0.756. The molecule has 0 spiro atoms. The van der Waals surface area contributed by atoms with Crippen LogP contribution in [-0.4, -0.2) is 16.5 Å². The summed E-state index contributed by atoms with van der Waals surface area (Å²) in [7, 11) is 0. The van der Waals surface area contributed by atoms with Crippen LogP contribution in [0.5, 0.6) is 0 Å². The second-order valence-corrected chi connectivity index (χ2v) is 6.00. The van der Waals surface area contributed by atoms with E-state index >= 15 is 0 Å². The Morgan fingerprint density at radius 3 is 2.38 bits per heavy atom. The van der Waals surface area contributed by atoms with Crippen LogP contribution in [0.3, 0.4) is 0 Å². The van der Waals surface area contributed by atoms with Gasteiger partial charge in [-0.05, 0) is 31.4 Å². The fraction of sp³-hybridized carbons (Fsp3) is 1.00. The predicted octanol–water partition coefficient (Wildman–Crippen LogP) is 3.04. The van der Waals surface area contributed by atoms with E-state index in [0.717, 1.165) is 5.92 Å². The molecule has 0 aliphatic carbocycles. The summed E-state index contributed by atoms with van der Waals surface area (Å²) in [6.07, 6.45) is 5.13. The highest BCUT2D eigenvalue weighted by Gasteiger charge is 2.38. The Hall–Kier alpha value is 0.310. The summed E-state index contributed by atoms with van der Waals surface area (Å²) in [5, 5.41) is 0. The van der Waals surface area contributed by atoms with Crippen molar-refractivity contribution >= 4 is 11.8 Å². The van der Waals surface area contributed by atoms with Gasteiger partial charge in [-0.2, -0.15) is 11.8 Å². The predicted molar refractivity (Wildman–Crippen MR) is 62.1 cm³/mol. The Kier molecular flexibility index (Phi) is 4.11. The van der Waals surface area contributed by atoms with Crippen LogP contribution in [0.2, 0.25) is 0 Å². The second-order valence-electron chi connectivity index (χ2n) is 4.37. The smallest absolute Gasteiger partial charge is 0.0285 e. The molecule has 0 amide bonds. The van der Waals surface area contributed by atoms with Crippen molar-refractivity contribution in [2.75, 3.05) is 5.75 Å². The molecular weight excluding hydrogens is 178 g/mol. The van der Waals surface area contributed by atoms with E-state index < -0.39 is 0 Å². The first-order chi connectivity index (χ1) is 6.14. The molecule has 1 saturated heterocycles. The minimum Gasteiger partial charge on any atom is -0.326 e. The average Bonchev–Trinajstić information content (AvgIpc) is 2.55. The van der Waals surface area contributed by atoms with Gasteiger partial charge in [0.25, 0.3) is 0 Å². The molecule has 2 heteroatoms. The van der Waals surface area contributed by atoms with Crippen LogP contribution in [0, 0.1) is 5.92 Å². The van der Waals surface area contributed by atoms with Crippen LogP contribution < -0.4 is 5.73 Å². The Morgan fingerprint density at radius 2 is 2.00 bits per heavy atom. The fourth-order valence-corrected chi connectivity index (χ4v) is 3.79. The first-order valence-corrected chi connectivity index (χ1v) is 6.52. The van der Waals surface area contributed by atoms with Crippen LogP contribution in [0.15, 0.2) is 0 Å². The largest absolute Gasteiger partial charge is 0.326 e. The lowest BCUT2D eigenvalue weighted by Gasteiger charge is -2.35. The second kappa shape index (κ2) is 4.70. The topological polar surface area (TPSA) is 26.0 Å². The lowest BCUT2D eigenvalue weighted by Crippen LogP contribution is -2.46. The molecule has 0 bridgehead atoms. The molecule has 1 aliphatic rings. The molecule has 1 rings (SSSR count). The normalized spacial score (nSPS) is 31.2. The first-order valence-electron chi connectivity index (χ1n) is 5.53. The zero-order valence-electron chi connectivity index (χ0n) is 9.18. The third kappa shape index (κ3) is 2.41. The van der Waals surface area contributed by atoms with Crippen molar-refractivity contribution in [2.45, 2.75) is 57.2 Å². The first kappa shape index (κ1) is 11.4. The summed E-state index contributed by atoms with van der Waals surface area (Å²) in [5.74, 6) is 2.03. The van der Waals surface area contributed by atoms with Crippen LogP contribution in [0.25, 0.3) is 0 Å². The standard InChI is InChI=1S/C11H23NS/c1-4-9(5-2)10(12)11(3)7-6-8-13-11/h9-10H,4-8,12H2,1-3H3. The van der Waals surface area contributed by atoms with Crippen molar-refractivity contribution < 1.29 is 0 Å². The van der Waals surface area contributed by atoms with Crippen molar-refractivity contribution in [3.8, 4) is 0 Å². The van der Waals surface area contributed by atoms with E-state index in [0.29, 0.717) is 10.8 Å². The Morgan fingerprint density at radius 1 is 1.38 bits per heavy atom. The van der Waals surface area contributed by atoms with Gasteiger partial charge in [0.15, 0.2) is 0 Å². The highest BCUT2D eigenvalue weighted by molar-refractivity contribution is 8.00. The molecule has 78 valence electrons. The summed E-state index contributed by atoms with van der Waals surface area (Å²) in [6, 6.07) is 0.398. The summed E-state index contributed by atoms with van der Waals surface area (Å²) in [6.45, 7) is 6.88. The van der Waals surface area contributed by atoms with E-state index in [4.69, 9.17) is 5.73 Å². The highest BCUT2D eigenvalue weighted by Crippen LogP contribution is 2.42. The molecule has 1 fully saturated rings. The van der Waals surface area contributed by atoms with Crippen LogP contribution >= 0.6 is 11.8 Å². The molecule has 2 atom stereocenters. The van der Waals surface area contributed by atoms with E-state index in [1.807, 2.05) is 0 Å². The lowest BCUT2D eigenvalue weighted by molar-refractivity contribution is 0.328. The van der Waals surface area contributed by atoms with Gasteiger partial charge < -0.3 is 5.73 Å². The molecule has 0 saturated carbocycles. The average molecular weight is 201 g/mol. The Bertz CT molecular complexity index is 148. The van der Waals surface area contributed by atoms with Crippen molar-refractivity contribution in [3.63, 3.8) is 0 Å². The van der Waals surface area contributed by atoms with E-state index in [2.05, 4.69) is 32.5 Å².